The molecule has 14 heavy (non-hydrogen) atoms. The fourth-order valence-electron chi connectivity index (χ4n) is 0.930. The van der Waals surface area contributed by atoms with Crippen LogP contribution in [-0.2, 0) is 4.74 Å². The van der Waals surface area contributed by atoms with Crippen LogP contribution in [0.3, 0.4) is 0 Å². The van der Waals surface area contributed by atoms with Gasteiger partial charge in [-0.15, -0.1) is 0 Å². The molecule has 0 saturated carbocycles. The van der Waals surface area contributed by atoms with Crippen molar-refractivity contribution < 1.29 is 4.74 Å². The highest BCUT2D eigenvalue weighted by atomic mass is 16.5. The van der Waals surface area contributed by atoms with Crippen LogP contribution < -0.4 is 0 Å². The third kappa shape index (κ3) is 3.82. The monoisotopic (exact) mass is 186 g/mol. The standard InChI is InChI=1S/C13H14O/c1-3-14-11-12(2)9-10-13-7-5-4-6-8-13/h4-8,11H,3H2,1-2H3/b12-11-. The number of benzene rings is 1. The Balaban J connectivity index is 2.64. The second kappa shape index (κ2) is 5.88. The van der Waals surface area contributed by atoms with E-state index in [1.165, 1.54) is 0 Å². The molecule has 0 aliphatic carbocycles. The van der Waals surface area contributed by atoms with Gasteiger partial charge in [-0.25, -0.2) is 0 Å². The lowest BCUT2D eigenvalue weighted by molar-refractivity contribution is 0.267. The lowest BCUT2D eigenvalue weighted by Gasteiger charge is -1.92. The van der Waals surface area contributed by atoms with Crippen LogP contribution in [0, 0.1) is 11.8 Å². The quantitative estimate of drug-likeness (QED) is 0.509. The minimum atomic E-state index is 0.685. The van der Waals surface area contributed by atoms with Gasteiger partial charge in [-0.3, -0.25) is 0 Å². The van der Waals surface area contributed by atoms with Crippen LogP contribution in [-0.4, -0.2) is 6.61 Å². The van der Waals surface area contributed by atoms with Crippen molar-refractivity contribution in [1.29, 1.82) is 0 Å². The van der Waals surface area contributed by atoms with Crippen molar-refractivity contribution in [3.63, 3.8) is 0 Å². The van der Waals surface area contributed by atoms with Crippen molar-refractivity contribution in [2.75, 3.05) is 6.61 Å². The molecule has 1 rings (SSSR count). The number of rotatable bonds is 2. The van der Waals surface area contributed by atoms with E-state index < -0.39 is 0 Å². The zero-order chi connectivity index (χ0) is 10.2. The van der Waals surface area contributed by atoms with Gasteiger partial charge in [-0.05, 0) is 26.0 Å². The van der Waals surface area contributed by atoms with Gasteiger partial charge < -0.3 is 4.74 Å². The summed E-state index contributed by atoms with van der Waals surface area (Å²) in [6.45, 7) is 4.57. The van der Waals surface area contributed by atoms with Crippen LogP contribution in [0.5, 0.6) is 0 Å². The van der Waals surface area contributed by atoms with E-state index in [9.17, 15) is 0 Å². The van der Waals surface area contributed by atoms with Crippen molar-refractivity contribution in [3.05, 3.63) is 47.7 Å². The molecule has 1 heteroatoms. The second-order valence-electron chi connectivity index (χ2n) is 2.87. The Bertz CT molecular complexity index is 352. The molecule has 0 fully saturated rings. The Labute approximate surface area is 85.4 Å². The first-order valence-corrected chi connectivity index (χ1v) is 4.68. The van der Waals surface area contributed by atoms with E-state index in [1.54, 1.807) is 6.26 Å². The number of hydrogen-bond donors (Lipinski definition) is 0. The van der Waals surface area contributed by atoms with Crippen LogP contribution in [0.25, 0.3) is 0 Å². The van der Waals surface area contributed by atoms with Crippen LogP contribution in [0.2, 0.25) is 0 Å². The van der Waals surface area contributed by atoms with Gasteiger partial charge in [-0.1, -0.05) is 30.0 Å². The van der Waals surface area contributed by atoms with Crippen molar-refractivity contribution >= 4 is 0 Å². The van der Waals surface area contributed by atoms with Gasteiger partial charge in [0.25, 0.3) is 0 Å². The molecule has 0 atom stereocenters. The minimum absolute atomic E-state index is 0.685. The van der Waals surface area contributed by atoms with Crippen LogP contribution in [0.4, 0.5) is 0 Å². The Morgan fingerprint density at radius 1 is 1.36 bits per heavy atom. The van der Waals surface area contributed by atoms with E-state index in [4.69, 9.17) is 4.74 Å². The Morgan fingerprint density at radius 3 is 2.71 bits per heavy atom. The summed E-state index contributed by atoms with van der Waals surface area (Å²) in [6, 6.07) is 9.91. The number of hydrogen-bond acceptors (Lipinski definition) is 1. The van der Waals surface area contributed by atoms with Crippen LogP contribution in [0.15, 0.2) is 42.2 Å². The molecule has 0 unspecified atom stereocenters. The minimum Gasteiger partial charge on any atom is -0.501 e. The van der Waals surface area contributed by atoms with Gasteiger partial charge in [0, 0.05) is 11.1 Å². The third-order valence-electron chi connectivity index (χ3n) is 1.60. The average Bonchev–Trinajstić information content (AvgIpc) is 2.25. The summed E-state index contributed by atoms with van der Waals surface area (Å²) < 4.78 is 5.12. The molecule has 1 aromatic rings. The first-order valence-electron chi connectivity index (χ1n) is 4.68. The number of ether oxygens (including phenoxy) is 1. The summed E-state index contributed by atoms with van der Waals surface area (Å²) in [4.78, 5) is 0. The lowest BCUT2D eigenvalue weighted by atomic mass is 10.2. The van der Waals surface area contributed by atoms with E-state index in [0.717, 1.165) is 11.1 Å². The summed E-state index contributed by atoms with van der Waals surface area (Å²) >= 11 is 0. The zero-order valence-electron chi connectivity index (χ0n) is 8.58. The van der Waals surface area contributed by atoms with E-state index in [-0.39, 0.29) is 0 Å². The molecule has 0 heterocycles. The average molecular weight is 186 g/mol. The summed E-state index contributed by atoms with van der Waals surface area (Å²) in [5.41, 5.74) is 1.97. The van der Waals surface area contributed by atoms with E-state index in [0.29, 0.717) is 6.61 Å². The van der Waals surface area contributed by atoms with Crippen LogP contribution in [0.1, 0.15) is 19.4 Å². The molecule has 0 aliphatic rings. The summed E-state index contributed by atoms with van der Waals surface area (Å²) in [7, 11) is 0. The maximum atomic E-state index is 5.12. The smallest absolute Gasteiger partial charge is 0.0941 e. The van der Waals surface area contributed by atoms with Crippen molar-refractivity contribution in [2.24, 2.45) is 0 Å². The largest absolute Gasteiger partial charge is 0.501 e. The first kappa shape index (κ1) is 10.4. The first-order chi connectivity index (χ1) is 6.83. The molecule has 0 bridgehead atoms. The van der Waals surface area contributed by atoms with E-state index >= 15 is 0 Å². The molecule has 0 amide bonds. The number of allylic oxidation sites excluding steroid dienone is 1. The molecule has 0 aromatic heterocycles. The zero-order valence-corrected chi connectivity index (χ0v) is 8.58. The topological polar surface area (TPSA) is 9.23 Å². The predicted octanol–water partition coefficient (Wildman–Crippen LogP) is 2.98. The lowest BCUT2D eigenvalue weighted by Crippen LogP contribution is -1.80. The van der Waals surface area contributed by atoms with Gasteiger partial charge in [-0.2, -0.15) is 0 Å². The Hall–Kier alpha value is -1.68. The SMILES string of the molecule is CCO/C=C(/C)C#Cc1ccccc1. The van der Waals surface area contributed by atoms with E-state index in [1.807, 2.05) is 44.2 Å². The van der Waals surface area contributed by atoms with Gasteiger partial charge in [0.1, 0.15) is 0 Å². The molecule has 0 radical (unpaired) electrons. The third-order valence-corrected chi connectivity index (χ3v) is 1.60. The molecule has 1 aromatic carbocycles. The highest BCUT2D eigenvalue weighted by Gasteiger charge is 1.83. The van der Waals surface area contributed by atoms with Gasteiger partial charge >= 0.3 is 0 Å². The fraction of sp³-hybridized carbons (Fsp3) is 0.231. The van der Waals surface area contributed by atoms with E-state index in [2.05, 4.69) is 11.8 Å². The maximum Gasteiger partial charge on any atom is 0.0941 e. The summed E-state index contributed by atoms with van der Waals surface area (Å²) in [5.74, 6) is 6.07. The summed E-state index contributed by atoms with van der Waals surface area (Å²) in [6.07, 6.45) is 1.69. The van der Waals surface area contributed by atoms with Gasteiger partial charge in [0.15, 0.2) is 0 Å². The highest BCUT2D eigenvalue weighted by Crippen LogP contribution is 1.97. The molecule has 0 aliphatic heterocycles. The fourth-order valence-corrected chi connectivity index (χ4v) is 0.930. The second-order valence-corrected chi connectivity index (χ2v) is 2.87. The molecule has 1 nitrogen and oxygen atoms in total. The van der Waals surface area contributed by atoms with Gasteiger partial charge in [0.05, 0.1) is 12.9 Å². The predicted molar refractivity (Wildman–Crippen MR) is 58.7 cm³/mol. The molecule has 72 valence electrons. The van der Waals surface area contributed by atoms with Crippen molar-refractivity contribution in [1.82, 2.24) is 0 Å². The van der Waals surface area contributed by atoms with Crippen LogP contribution >= 0.6 is 0 Å². The maximum absolute atomic E-state index is 5.12. The molecule has 0 spiro atoms. The molecule has 0 N–H and O–H groups in total. The molecular formula is C13H14O. The van der Waals surface area contributed by atoms with Crippen molar-refractivity contribution in [3.8, 4) is 11.8 Å². The van der Waals surface area contributed by atoms with Gasteiger partial charge in [0.2, 0.25) is 0 Å². The molecular weight excluding hydrogens is 172 g/mol. The Morgan fingerprint density at radius 2 is 2.07 bits per heavy atom. The van der Waals surface area contributed by atoms with Crippen molar-refractivity contribution in [2.45, 2.75) is 13.8 Å². The normalized spacial score (nSPS) is 10.3. The highest BCUT2D eigenvalue weighted by molar-refractivity contribution is 5.39. The summed E-state index contributed by atoms with van der Waals surface area (Å²) in [5, 5.41) is 0. The molecule has 0 saturated heterocycles. The Kier molecular flexibility index (Phi) is 4.37.